The summed E-state index contributed by atoms with van der Waals surface area (Å²) in [6, 6.07) is 54.7. The van der Waals surface area contributed by atoms with Gasteiger partial charge in [0.15, 0.2) is 0 Å². The minimum Gasteiger partial charge on any atom is -0.0622 e. The fraction of sp³-hybridized carbons (Fsp3) is 0.0500. The van der Waals surface area contributed by atoms with Gasteiger partial charge in [-0.2, -0.15) is 0 Å². The monoisotopic (exact) mass is 576 g/mol. The second kappa shape index (κ2) is 11.7. The molecule has 5 aromatic carbocycles. The van der Waals surface area contributed by atoms with Crippen LogP contribution in [-0.4, -0.2) is 11.3 Å². The molecular formula is C40H34P2+2. The molecule has 0 aromatic heterocycles. The number of hydrogen-bond donors (Lipinski definition) is 0. The maximum Gasteiger partial charge on any atom is 0.122 e. The molecule has 202 valence electrons. The van der Waals surface area contributed by atoms with E-state index in [4.69, 9.17) is 0 Å². The number of benzene rings is 5. The second-order valence-corrected chi connectivity index (χ2v) is 18.0. The van der Waals surface area contributed by atoms with Crippen molar-refractivity contribution in [1.82, 2.24) is 0 Å². The van der Waals surface area contributed by atoms with Gasteiger partial charge in [-0.1, -0.05) is 97.1 Å². The van der Waals surface area contributed by atoms with Crippen molar-refractivity contribution in [2.45, 2.75) is 11.3 Å². The third-order valence-electron chi connectivity index (χ3n) is 8.67. The highest BCUT2D eigenvalue weighted by molar-refractivity contribution is 7.97. The smallest absolute Gasteiger partial charge is 0.0622 e. The standard InChI is InChI=1S/C40H34P2/c1-5-17-33(18-6-1)41(37-25-13-14-26-37,34-19-7-2-8-20-34)39-29-31-40(32-30-39)42(38-27-15-16-28-38,35-21-9-3-10-22-35)36-23-11-4-12-24-36/h1-32,37-38H/q+2. The first-order valence-electron chi connectivity index (χ1n) is 14.7. The van der Waals surface area contributed by atoms with Crippen LogP contribution in [0.15, 0.2) is 194 Å². The van der Waals surface area contributed by atoms with E-state index in [1.165, 1.54) is 31.8 Å². The average molecular weight is 577 g/mol. The molecule has 0 amide bonds. The topological polar surface area (TPSA) is 0 Å². The van der Waals surface area contributed by atoms with Crippen molar-refractivity contribution in [1.29, 1.82) is 0 Å². The van der Waals surface area contributed by atoms with Crippen molar-refractivity contribution < 1.29 is 0 Å². The summed E-state index contributed by atoms with van der Waals surface area (Å²) in [6.45, 7) is 0. The van der Waals surface area contributed by atoms with Crippen LogP contribution in [0.3, 0.4) is 0 Å². The van der Waals surface area contributed by atoms with E-state index in [0.29, 0.717) is 11.3 Å². The first-order valence-corrected chi connectivity index (χ1v) is 18.4. The van der Waals surface area contributed by atoms with E-state index in [1.807, 2.05) is 0 Å². The molecule has 0 nitrogen and oxygen atoms in total. The van der Waals surface area contributed by atoms with Crippen LogP contribution in [-0.2, 0) is 0 Å². The van der Waals surface area contributed by atoms with Gasteiger partial charge in [-0.05, 0) is 97.1 Å². The Kier molecular flexibility index (Phi) is 7.44. The molecule has 42 heavy (non-hydrogen) atoms. The molecule has 0 aliphatic heterocycles. The summed E-state index contributed by atoms with van der Waals surface area (Å²) in [4.78, 5) is 0. The first-order chi connectivity index (χ1) is 20.8. The lowest BCUT2D eigenvalue weighted by atomic mass is 10.3. The van der Waals surface area contributed by atoms with Gasteiger partial charge >= 0.3 is 0 Å². The SMILES string of the molecule is C1=CC([P+](c2ccccc2)(c2ccccc2)c2ccc([P+](c3ccccc3)(c3ccccc3)C3C=CC=C3)cc2)C=C1. The van der Waals surface area contributed by atoms with Gasteiger partial charge in [0.2, 0.25) is 0 Å². The van der Waals surface area contributed by atoms with Gasteiger partial charge in [0.25, 0.3) is 0 Å². The lowest BCUT2D eigenvalue weighted by Gasteiger charge is -2.33. The Morgan fingerprint density at radius 2 is 0.476 bits per heavy atom. The molecule has 0 saturated heterocycles. The van der Waals surface area contributed by atoms with Crippen LogP contribution in [0.5, 0.6) is 0 Å². The van der Waals surface area contributed by atoms with E-state index >= 15 is 0 Å². The lowest BCUT2D eigenvalue weighted by molar-refractivity contribution is 1.42. The molecule has 0 radical (unpaired) electrons. The van der Waals surface area contributed by atoms with Crippen LogP contribution in [0.25, 0.3) is 0 Å². The van der Waals surface area contributed by atoms with Crippen LogP contribution in [0.1, 0.15) is 0 Å². The molecule has 0 heterocycles. The van der Waals surface area contributed by atoms with Gasteiger partial charge in [0, 0.05) is 0 Å². The highest BCUT2D eigenvalue weighted by atomic mass is 31.2. The molecular weight excluding hydrogens is 542 g/mol. The van der Waals surface area contributed by atoms with Crippen molar-refractivity contribution in [2.24, 2.45) is 0 Å². The third kappa shape index (κ3) is 4.39. The molecule has 2 aliphatic carbocycles. The first kappa shape index (κ1) is 26.8. The Hall–Kier alpha value is -4.08. The van der Waals surface area contributed by atoms with E-state index < -0.39 is 14.5 Å². The molecule has 0 atom stereocenters. The third-order valence-corrected chi connectivity index (χ3v) is 17.8. The van der Waals surface area contributed by atoms with E-state index in [2.05, 4.69) is 194 Å². The average Bonchev–Trinajstić information content (AvgIpc) is 3.81. The Labute approximate surface area is 251 Å². The fourth-order valence-corrected chi connectivity index (χ4v) is 16.0. The quantitative estimate of drug-likeness (QED) is 0.171. The van der Waals surface area contributed by atoms with Crippen molar-refractivity contribution >= 4 is 46.4 Å². The van der Waals surface area contributed by atoms with Crippen molar-refractivity contribution in [3.05, 3.63) is 194 Å². The molecule has 0 saturated carbocycles. The lowest BCUT2D eigenvalue weighted by Crippen LogP contribution is -2.39. The van der Waals surface area contributed by atoms with Crippen LogP contribution in [0, 0.1) is 0 Å². The minimum absolute atomic E-state index is 0.316. The number of rotatable bonds is 8. The highest BCUT2D eigenvalue weighted by Gasteiger charge is 2.53. The van der Waals surface area contributed by atoms with Crippen LogP contribution in [0.4, 0.5) is 0 Å². The second-order valence-electron chi connectivity index (χ2n) is 10.8. The summed E-state index contributed by atoms with van der Waals surface area (Å²) in [7, 11) is -4.06. The molecule has 0 spiro atoms. The van der Waals surface area contributed by atoms with Crippen LogP contribution in [0.2, 0.25) is 0 Å². The minimum atomic E-state index is -2.03. The molecule has 0 fully saturated rings. The largest absolute Gasteiger partial charge is 0.122 e. The fourth-order valence-electron chi connectivity index (χ4n) is 6.86. The maximum absolute atomic E-state index is 2.46. The summed E-state index contributed by atoms with van der Waals surface area (Å²) in [5.41, 5.74) is 0.633. The molecule has 0 unspecified atom stereocenters. The Bertz CT molecular complexity index is 1510. The van der Waals surface area contributed by atoms with E-state index in [1.54, 1.807) is 0 Å². The molecule has 0 N–H and O–H groups in total. The van der Waals surface area contributed by atoms with Gasteiger partial charge < -0.3 is 0 Å². The van der Waals surface area contributed by atoms with Crippen molar-refractivity contribution in [2.75, 3.05) is 0 Å². The highest BCUT2D eigenvalue weighted by Crippen LogP contribution is 2.63. The Balaban J connectivity index is 1.48. The van der Waals surface area contributed by atoms with E-state index in [0.717, 1.165) is 0 Å². The van der Waals surface area contributed by atoms with Gasteiger partial charge in [-0.3, -0.25) is 0 Å². The summed E-state index contributed by atoms with van der Waals surface area (Å²) in [5, 5.41) is 8.50. The Morgan fingerprint density at radius 3 is 0.714 bits per heavy atom. The zero-order valence-corrected chi connectivity index (χ0v) is 25.3. The summed E-state index contributed by atoms with van der Waals surface area (Å²) in [6.07, 6.45) is 18.5. The van der Waals surface area contributed by atoms with E-state index in [-0.39, 0.29) is 0 Å². The van der Waals surface area contributed by atoms with Crippen molar-refractivity contribution in [3.8, 4) is 0 Å². The predicted molar refractivity (Wildman–Crippen MR) is 188 cm³/mol. The normalized spacial score (nSPS) is 15.0. The van der Waals surface area contributed by atoms with Crippen LogP contribution >= 0.6 is 14.5 Å². The van der Waals surface area contributed by atoms with E-state index in [9.17, 15) is 0 Å². The summed E-state index contributed by atoms with van der Waals surface area (Å²) >= 11 is 0. The van der Waals surface area contributed by atoms with Crippen LogP contribution < -0.4 is 31.8 Å². The molecule has 0 bridgehead atoms. The molecule has 2 aliphatic rings. The zero-order valence-electron chi connectivity index (χ0n) is 23.5. The zero-order chi connectivity index (χ0) is 28.2. The Morgan fingerprint density at radius 1 is 0.262 bits per heavy atom. The molecule has 2 heteroatoms. The summed E-state index contributed by atoms with van der Waals surface area (Å²) < 4.78 is 0. The maximum atomic E-state index is 2.46. The van der Waals surface area contributed by atoms with Gasteiger partial charge in [0.05, 0.1) is 0 Å². The molecule has 7 rings (SSSR count). The van der Waals surface area contributed by atoms with Gasteiger partial charge in [-0.25, -0.2) is 0 Å². The summed E-state index contributed by atoms with van der Waals surface area (Å²) in [5.74, 6) is 0. The molecule has 5 aromatic rings. The van der Waals surface area contributed by atoms with Gasteiger partial charge in [-0.15, -0.1) is 0 Å². The number of hydrogen-bond acceptors (Lipinski definition) is 0. The predicted octanol–water partition coefficient (Wildman–Crippen LogP) is 7.26. The van der Waals surface area contributed by atoms with Gasteiger partial charge in [0.1, 0.15) is 57.7 Å². The van der Waals surface area contributed by atoms with Crippen molar-refractivity contribution in [3.63, 3.8) is 0 Å². The number of allylic oxidation sites excluding steroid dienone is 8.